The van der Waals surface area contributed by atoms with Gasteiger partial charge in [-0.2, -0.15) is 5.48 Å². The molecule has 0 unspecified atom stereocenters. The summed E-state index contributed by atoms with van der Waals surface area (Å²) in [7, 11) is 1.62. The summed E-state index contributed by atoms with van der Waals surface area (Å²) in [5.41, 5.74) is 6.76. The minimum Gasteiger partial charge on any atom is -0.305 e. The van der Waals surface area contributed by atoms with Gasteiger partial charge in [-0.15, -0.1) is 0 Å². The lowest BCUT2D eigenvalue weighted by Crippen LogP contribution is -2.11. The monoisotopic (exact) mass is 211 g/mol. The van der Waals surface area contributed by atoms with Crippen molar-refractivity contribution < 1.29 is 4.84 Å². The number of rotatable bonds is 3. The average Bonchev–Trinajstić information content (AvgIpc) is 2.63. The molecule has 0 aliphatic heterocycles. The van der Waals surface area contributed by atoms with Gasteiger partial charge in [0.25, 0.3) is 0 Å². The maximum Gasteiger partial charge on any atom is 0.0572 e. The molecule has 0 atom stereocenters. The van der Waals surface area contributed by atoms with Gasteiger partial charge in [-0.05, 0) is 42.0 Å². The van der Waals surface area contributed by atoms with Crippen molar-refractivity contribution in [3.8, 4) is 0 Å². The number of halogens is 1. The van der Waals surface area contributed by atoms with Gasteiger partial charge < -0.3 is 4.84 Å². The third-order valence-electron chi connectivity index (χ3n) is 2.64. The summed E-state index contributed by atoms with van der Waals surface area (Å²) in [6.45, 7) is 0.712. The lowest BCUT2D eigenvalue weighted by molar-refractivity contribution is 0.0867. The van der Waals surface area contributed by atoms with E-state index in [1.54, 1.807) is 7.11 Å². The van der Waals surface area contributed by atoms with Crippen LogP contribution in [0.3, 0.4) is 0 Å². The summed E-state index contributed by atoms with van der Waals surface area (Å²) < 4.78 is 0. The molecule has 0 spiro atoms. The van der Waals surface area contributed by atoms with Gasteiger partial charge in [-0.1, -0.05) is 17.7 Å². The molecule has 0 amide bonds. The Kier molecular flexibility index (Phi) is 3.06. The number of hydrogen-bond acceptors (Lipinski definition) is 2. The molecule has 0 aromatic heterocycles. The molecule has 0 saturated heterocycles. The molecule has 14 heavy (non-hydrogen) atoms. The van der Waals surface area contributed by atoms with Gasteiger partial charge in [0.2, 0.25) is 0 Å². The fourth-order valence-corrected chi connectivity index (χ4v) is 2.33. The molecular weight excluding hydrogens is 198 g/mol. The van der Waals surface area contributed by atoms with E-state index >= 15 is 0 Å². The normalized spacial score (nSPS) is 14.4. The zero-order valence-electron chi connectivity index (χ0n) is 8.27. The van der Waals surface area contributed by atoms with Crippen LogP contribution in [-0.2, 0) is 24.2 Å². The van der Waals surface area contributed by atoms with Gasteiger partial charge in [-0.25, -0.2) is 0 Å². The Morgan fingerprint density at radius 1 is 1.43 bits per heavy atom. The van der Waals surface area contributed by atoms with E-state index in [0.29, 0.717) is 6.54 Å². The van der Waals surface area contributed by atoms with E-state index in [0.717, 1.165) is 17.9 Å². The highest BCUT2D eigenvalue weighted by Crippen LogP contribution is 2.30. The van der Waals surface area contributed by atoms with Gasteiger partial charge in [-0.3, -0.25) is 0 Å². The predicted octanol–water partition coefficient (Wildman–Crippen LogP) is 2.48. The molecule has 2 rings (SSSR count). The molecule has 1 aromatic carbocycles. The largest absolute Gasteiger partial charge is 0.305 e. The van der Waals surface area contributed by atoms with Crippen LogP contribution in [0.15, 0.2) is 12.1 Å². The molecular formula is C11H14ClNO. The lowest BCUT2D eigenvalue weighted by atomic mass is 10.1. The Bertz CT molecular complexity index is 338. The van der Waals surface area contributed by atoms with Crippen LogP contribution < -0.4 is 5.48 Å². The van der Waals surface area contributed by atoms with Crippen molar-refractivity contribution >= 4 is 11.6 Å². The van der Waals surface area contributed by atoms with Crippen LogP contribution in [0.2, 0.25) is 5.02 Å². The first kappa shape index (κ1) is 9.97. The fourth-order valence-electron chi connectivity index (χ4n) is 1.97. The molecule has 0 heterocycles. The lowest BCUT2D eigenvalue weighted by Gasteiger charge is -2.07. The van der Waals surface area contributed by atoms with E-state index in [4.69, 9.17) is 16.4 Å². The van der Waals surface area contributed by atoms with E-state index in [2.05, 4.69) is 11.5 Å². The number of hydroxylamine groups is 1. The SMILES string of the molecule is CONCc1cc(Cl)c2c(c1)CCC2. The topological polar surface area (TPSA) is 21.3 Å². The highest BCUT2D eigenvalue weighted by molar-refractivity contribution is 6.31. The van der Waals surface area contributed by atoms with Crippen molar-refractivity contribution in [1.82, 2.24) is 5.48 Å². The van der Waals surface area contributed by atoms with Crippen molar-refractivity contribution in [2.75, 3.05) is 7.11 Å². The van der Waals surface area contributed by atoms with Crippen molar-refractivity contribution in [2.24, 2.45) is 0 Å². The molecule has 76 valence electrons. The summed E-state index contributed by atoms with van der Waals surface area (Å²) in [5.74, 6) is 0. The minimum absolute atomic E-state index is 0.712. The predicted molar refractivity (Wildman–Crippen MR) is 57.3 cm³/mol. The van der Waals surface area contributed by atoms with Crippen LogP contribution in [-0.4, -0.2) is 7.11 Å². The maximum atomic E-state index is 6.19. The number of hydrogen-bond donors (Lipinski definition) is 1. The Labute approximate surface area is 89.2 Å². The molecule has 0 saturated carbocycles. The molecule has 2 nitrogen and oxygen atoms in total. The van der Waals surface area contributed by atoms with Crippen molar-refractivity contribution in [1.29, 1.82) is 0 Å². The van der Waals surface area contributed by atoms with E-state index in [9.17, 15) is 0 Å². The highest BCUT2D eigenvalue weighted by atomic mass is 35.5. The first-order valence-corrected chi connectivity index (χ1v) is 5.25. The second kappa shape index (κ2) is 4.30. The minimum atomic E-state index is 0.712. The zero-order valence-corrected chi connectivity index (χ0v) is 9.03. The zero-order chi connectivity index (χ0) is 9.97. The third kappa shape index (κ3) is 1.92. The van der Waals surface area contributed by atoms with Gasteiger partial charge in [0, 0.05) is 11.6 Å². The van der Waals surface area contributed by atoms with Crippen LogP contribution >= 0.6 is 11.6 Å². The maximum absolute atomic E-state index is 6.19. The Morgan fingerprint density at radius 2 is 2.29 bits per heavy atom. The molecule has 3 heteroatoms. The molecule has 1 aliphatic carbocycles. The number of nitrogens with one attached hydrogen (secondary N) is 1. The first-order valence-electron chi connectivity index (χ1n) is 4.87. The molecule has 0 bridgehead atoms. The third-order valence-corrected chi connectivity index (χ3v) is 2.98. The second-order valence-corrected chi connectivity index (χ2v) is 4.00. The summed E-state index contributed by atoms with van der Waals surface area (Å²) in [4.78, 5) is 4.81. The number of benzene rings is 1. The summed E-state index contributed by atoms with van der Waals surface area (Å²) in [5, 5.41) is 0.910. The molecule has 0 fully saturated rings. The van der Waals surface area contributed by atoms with Crippen molar-refractivity contribution in [3.63, 3.8) is 0 Å². The number of fused-ring (bicyclic) bond motifs is 1. The van der Waals surface area contributed by atoms with Gasteiger partial charge >= 0.3 is 0 Å². The molecule has 1 aliphatic rings. The van der Waals surface area contributed by atoms with Gasteiger partial charge in [0.15, 0.2) is 0 Å². The number of aryl methyl sites for hydroxylation is 1. The van der Waals surface area contributed by atoms with Crippen LogP contribution in [0.25, 0.3) is 0 Å². The van der Waals surface area contributed by atoms with E-state index in [1.165, 1.54) is 23.1 Å². The quantitative estimate of drug-likeness (QED) is 0.776. The van der Waals surface area contributed by atoms with E-state index < -0.39 is 0 Å². The van der Waals surface area contributed by atoms with E-state index in [1.807, 2.05) is 6.07 Å². The molecule has 1 N–H and O–H groups in total. The van der Waals surface area contributed by atoms with Crippen LogP contribution in [0.4, 0.5) is 0 Å². The first-order chi connectivity index (χ1) is 6.81. The standard InChI is InChI=1S/C11H14ClNO/c1-14-13-7-8-5-9-3-2-4-10(9)11(12)6-8/h5-6,13H,2-4,7H2,1H3. The average molecular weight is 212 g/mol. The van der Waals surface area contributed by atoms with Crippen molar-refractivity contribution in [2.45, 2.75) is 25.8 Å². The smallest absolute Gasteiger partial charge is 0.0572 e. The second-order valence-electron chi connectivity index (χ2n) is 3.59. The Morgan fingerprint density at radius 3 is 3.07 bits per heavy atom. The molecule has 1 aromatic rings. The van der Waals surface area contributed by atoms with Gasteiger partial charge in [0.1, 0.15) is 0 Å². The fraction of sp³-hybridized carbons (Fsp3) is 0.455. The van der Waals surface area contributed by atoms with Crippen LogP contribution in [0.5, 0.6) is 0 Å². The van der Waals surface area contributed by atoms with Crippen LogP contribution in [0.1, 0.15) is 23.1 Å². The summed E-state index contributed by atoms with van der Waals surface area (Å²) in [6.07, 6.45) is 3.53. The van der Waals surface area contributed by atoms with E-state index in [-0.39, 0.29) is 0 Å². The molecule has 0 radical (unpaired) electrons. The summed E-state index contributed by atoms with van der Waals surface area (Å²) in [6, 6.07) is 4.25. The highest BCUT2D eigenvalue weighted by Gasteiger charge is 2.14. The van der Waals surface area contributed by atoms with Crippen LogP contribution in [0, 0.1) is 0 Å². The Balaban J connectivity index is 2.23. The Hall–Kier alpha value is -0.570. The van der Waals surface area contributed by atoms with Crippen molar-refractivity contribution in [3.05, 3.63) is 33.8 Å². The van der Waals surface area contributed by atoms with Gasteiger partial charge in [0.05, 0.1) is 7.11 Å². The summed E-state index contributed by atoms with van der Waals surface area (Å²) >= 11 is 6.19.